The summed E-state index contributed by atoms with van der Waals surface area (Å²) in [4.78, 5) is 0.772. The minimum absolute atomic E-state index is 0.0554. The number of methoxy groups -OCH3 is 1. The van der Waals surface area contributed by atoms with Crippen LogP contribution in [0.25, 0.3) is 0 Å². The van der Waals surface area contributed by atoms with E-state index in [-0.39, 0.29) is 6.04 Å². The van der Waals surface area contributed by atoms with Gasteiger partial charge in [-0.3, -0.25) is 0 Å². The van der Waals surface area contributed by atoms with E-state index < -0.39 is 11.4 Å². The summed E-state index contributed by atoms with van der Waals surface area (Å²) in [6.07, 6.45) is 0.904. The van der Waals surface area contributed by atoms with Crippen molar-refractivity contribution in [2.24, 2.45) is 0 Å². The highest BCUT2D eigenvalue weighted by atomic mass is 32.2. The molecule has 0 bridgehead atoms. The Balaban J connectivity index is 1.65. The number of nitrogens with zero attached hydrogens (tertiary/aromatic N) is 1. The lowest BCUT2D eigenvalue weighted by Gasteiger charge is -2.21. The Hall–Kier alpha value is -2.51. The van der Waals surface area contributed by atoms with Gasteiger partial charge in [-0.25, -0.2) is 0 Å². The maximum atomic E-state index is 13.5. The second-order valence-corrected chi connectivity index (χ2v) is 9.00. The summed E-state index contributed by atoms with van der Waals surface area (Å²) in [6, 6.07) is 24.1. The quantitative estimate of drug-likeness (QED) is 0.418. The van der Waals surface area contributed by atoms with Gasteiger partial charge in [0.05, 0.1) is 18.8 Å². The molecular weight excluding hydrogens is 408 g/mol. The molecule has 2 unspecified atom stereocenters. The zero-order valence-electron chi connectivity index (χ0n) is 17.9. The van der Waals surface area contributed by atoms with Crippen LogP contribution in [0, 0.1) is 0 Å². The van der Waals surface area contributed by atoms with Crippen molar-refractivity contribution < 1.29 is 14.0 Å². The summed E-state index contributed by atoms with van der Waals surface area (Å²) >= 11 is -1.34. The number of para-hydroxylation sites is 1. The predicted octanol–water partition coefficient (Wildman–Crippen LogP) is 4.45. The standard InChI is InChI=1S/C25H28N2O3S/c1-27-23-12-7-6-11-21(23)25(26-15-8-16-29-2)22-14-13-20(17-24(22)31(27)28)30-18-19-9-4-3-5-10-19/h3-7,9-14,17,25-26H,8,15-16,18H2,1-2H3. The Bertz CT molecular complexity index is 999. The summed E-state index contributed by atoms with van der Waals surface area (Å²) in [5.41, 5.74) is 4.20. The maximum absolute atomic E-state index is 13.5. The first-order valence-electron chi connectivity index (χ1n) is 10.5. The third kappa shape index (κ3) is 4.88. The van der Waals surface area contributed by atoms with Gasteiger partial charge in [0.25, 0.3) is 0 Å². The summed E-state index contributed by atoms with van der Waals surface area (Å²) in [5.74, 6) is 0.716. The van der Waals surface area contributed by atoms with E-state index in [0.717, 1.165) is 40.2 Å². The molecule has 0 radical (unpaired) electrons. The smallest absolute Gasteiger partial charge is 0.188 e. The molecule has 2 atom stereocenters. The Kier molecular flexibility index (Phi) is 7.14. The van der Waals surface area contributed by atoms with E-state index in [4.69, 9.17) is 9.47 Å². The minimum Gasteiger partial charge on any atom is -0.588 e. The van der Waals surface area contributed by atoms with Crippen molar-refractivity contribution in [3.05, 3.63) is 89.5 Å². The van der Waals surface area contributed by atoms with Crippen LogP contribution >= 0.6 is 0 Å². The van der Waals surface area contributed by atoms with E-state index in [0.29, 0.717) is 19.0 Å². The van der Waals surface area contributed by atoms with Gasteiger partial charge in [-0.15, -0.1) is 0 Å². The molecule has 0 saturated carbocycles. The highest BCUT2D eigenvalue weighted by Crippen LogP contribution is 2.41. The number of nitrogens with one attached hydrogen (secondary N) is 1. The van der Waals surface area contributed by atoms with E-state index in [1.54, 1.807) is 7.11 Å². The van der Waals surface area contributed by atoms with Gasteiger partial charge in [-0.05, 0) is 36.7 Å². The molecule has 5 nitrogen and oxygen atoms in total. The van der Waals surface area contributed by atoms with E-state index in [1.807, 2.05) is 78.1 Å². The lowest BCUT2D eigenvalue weighted by molar-refractivity contribution is 0.193. The summed E-state index contributed by atoms with van der Waals surface area (Å²) in [6.45, 7) is 1.97. The van der Waals surface area contributed by atoms with E-state index in [1.165, 1.54) is 0 Å². The molecule has 0 spiro atoms. The second-order valence-electron chi connectivity index (χ2n) is 7.51. The van der Waals surface area contributed by atoms with Gasteiger partial charge in [-0.1, -0.05) is 48.5 Å². The lowest BCUT2D eigenvalue weighted by atomic mass is 9.96. The van der Waals surface area contributed by atoms with Crippen molar-refractivity contribution in [1.82, 2.24) is 5.32 Å². The summed E-state index contributed by atoms with van der Waals surface area (Å²) < 4.78 is 26.5. The molecule has 0 aliphatic carbocycles. The summed E-state index contributed by atoms with van der Waals surface area (Å²) in [7, 11) is 3.59. The predicted molar refractivity (Wildman–Crippen MR) is 125 cm³/mol. The number of hydrogen-bond donors (Lipinski definition) is 1. The molecule has 0 aromatic heterocycles. The summed E-state index contributed by atoms with van der Waals surface area (Å²) in [5, 5.41) is 3.65. The van der Waals surface area contributed by atoms with Gasteiger partial charge < -0.3 is 19.3 Å². The van der Waals surface area contributed by atoms with Crippen LogP contribution in [0.1, 0.15) is 29.2 Å². The fraction of sp³-hybridized carbons (Fsp3) is 0.280. The molecule has 0 saturated heterocycles. The van der Waals surface area contributed by atoms with Crippen LogP contribution in [0.15, 0.2) is 77.7 Å². The molecule has 0 amide bonds. The minimum atomic E-state index is -1.34. The van der Waals surface area contributed by atoms with Gasteiger partial charge in [-0.2, -0.15) is 4.31 Å². The molecule has 1 N–H and O–H groups in total. The van der Waals surface area contributed by atoms with E-state index in [9.17, 15) is 4.55 Å². The molecule has 0 fully saturated rings. The molecule has 4 rings (SSSR count). The van der Waals surface area contributed by atoms with Crippen molar-refractivity contribution in [2.45, 2.75) is 24.0 Å². The normalized spacial score (nSPS) is 17.6. The van der Waals surface area contributed by atoms with Crippen molar-refractivity contribution in [3.63, 3.8) is 0 Å². The van der Waals surface area contributed by atoms with Gasteiger partial charge in [0.2, 0.25) is 0 Å². The molecule has 1 aliphatic rings. The fourth-order valence-electron chi connectivity index (χ4n) is 3.84. The molecule has 3 aromatic rings. The average molecular weight is 437 g/mol. The highest BCUT2D eigenvalue weighted by molar-refractivity contribution is 7.92. The van der Waals surface area contributed by atoms with Crippen LogP contribution in [0.3, 0.4) is 0 Å². The number of hydrogen-bond acceptors (Lipinski definition) is 5. The second kappa shape index (κ2) is 10.2. The molecule has 3 aromatic carbocycles. The fourth-order valence-corrected chi connectivity index (χ4v) is 5.09. The Labute approximate surface area is 187 Å². The van der Waals surface area contributed by atoms with Crippen molar-refractivity contribution >= 4 is 17.0 Å². The molecule has 1 heterocycles. The third-order valence-electron chi connectivity index (χ3n) is 5.44. The number of ether oxygens (including phenoxy) is 2. The van der Waals surface area contributed by atoms with Crippen molar-refractivity contribution in [1.29, 1.82) is 0 Å². The van der Waals surface area contributed by atoms with Gasteiger partial charge in [0, 0.05) is 30.9 Å². The van der Waals surface area contributed by atoms with Crippen LogP contribution in [-0.4, -0.2) is 31.9 Å². The number of fused-ring (bicyclic) bond motifs is 2. The Morgan fingerprint density at radius 3 is 2.58 bits per heavy atom. The zero-order chi connectivity index (χ0) is 21.6. The Morgan fingerprint density at radius 1 is 1.00 bits per heavy atom. The van der Waals surface area contributed by atoms with Gasteiger partial charge in [0.1, 0.15) is 23.7 Å². The maximum Gasteiger partial charge on any atom is 0.188 e. The topological polar surface area (TPSA) is 56.8 Å². The lowest BCUT2D eigenvalue weighted by Crippen LogP contribution is -2.26. The number of rotatable bonds is 8. The number of benzene rings is 3. The molecule has 1 aliphatic heterocycles. The largest absolute Gasteiger partial charge is 0.588 e. The van der Waals surface area contributed by atoms with E-state index >= 15 is 0 Å². The van der Waals surface area contributed by atoms with Crippen LogP contribution in [0.4, 0.5) is 5.69 Å². The molecular formula is C25H28N2O3S. The first-order chi connectivity index (χ1) is 15.2. The molecule has 162 valence electrons. The van der Waals surface area contributed by atoms with Crippen LogP contribution in [0.5, 0.6) is 5.75 Å². The molecule has 6 heteroatoms. The van der Waals surface area contributed by atoms with Crippen molar-refractivity contribution in [3.8, 4) is 5.75 Å². The Morgan fingerprint density at radius 2 is 1.77 bits per heavy atom. The number of anilines is 1. The van der Waals surface area contributed by atoms with Gasteiger partial charge >= 0.3 is 0 Å². The van der Waals surface area contributed by atoms with Crippen LogP contribution in [-0.2, 0) is 22.7 Å². The van der Waals surface area contributed by atoms with Gasteiger partial charge in [0.15, 0.2) is 4.90 Å². The van der Waals surface area contributed by atoms with Crippen molar-refractivity contribution in [2.75, 3.05) is 31.6 Å². The molecule has 31 heavy (non-hydrogen) atoms. The first-order valence-corrected chi connectivity index (χ1v) is 11.6. The van der Waals surface area contributed by atoms with Crippen LogP contribution in [0.2, 0.25) is 0 Å². The van der Waals surface area contributed by atoms with Crippen LogP contribution < -0.4 is 14.4 Å². The SMILES string of the molecule is COCCCNC1c2ccccc2N(C)[S+]([O-])c2cc(OCc3ccccc3)ccc21. The highest BCUT2D eigenvalue weighted by Gasteiger charge is 2.34. The average Bonchev–Trinajstić information content (AvgIpc) is 2.90. The first kappa shape index (κ1) is 21.7. The third-order valence-corrected chi connectivity index (χ3v) is 6.87. The van der Waals surface area contributed by atoms with E-state index in [2.05, 4.69) is 11.4 Å². The zero-order valence-corrected chi connectivity index (χ0v) is 18.7. The monoisotopic (exact) mass is 436 g/mol.